The van der Waals surface area contributed by atoms with Gasteiger partial charge in [0.05, 0.1) is 17.5 Å². The van der Waals surface area contributed by atoms with Crippen molar-refractivity contribution in [3.8, 4) is 0 Å². The molecular weight excluding hydrogens is 605 g/mol. The van der Waals surface area contributed by atoms with Gasteiger partial charge in [0.15, 0.2) is 0 Å². The number of aryl methyl sites for hydroxylation is 1. The number of rotatable bonds is 11. The van der Waals surface area contributed by atoms with E-state index < -0.39 is 31.3 Å². The van der Waals surface area contributed by atoms with Gasteiger partial charge in [-0.3, -0.25) is 4.79 Å². The summed E-state index contributed by atoms with van der Waals surface area (Å²) >= 11 is 1.90. The highest BCUT2D eigenvalue weighted by Gasteiger charge is 2.66. The lowest BCUT2D eigenvalue weighted by Gasteiger charge is -2.45. The highest BCUT2D eigenvalue weighted by atomic mass is 32.2. The van der Waals surface area contributed by atoms with Crippen molar-refractivity contribution in [2.24, 2.45) is 16.7 Å². The van der Waals surface area contributed by atoms with E-state index in [1.165, 1.54) is 11.8 Å². The van der Waals surface area contributed by atoms with Crippen molar-refractivity contribution in [2.75, 3.05) is 60.3 Å². The number of thioether (sulfide) groups is 1. The molecule has 0 radical (unpaired) electrons. The first-order chi connectivity index (χ1) is 20.2. The molecule has 9 nitrogen and oxygen atoms in total. The predicted molar refractivity (Wildman–Crippen MR) is 176 cm³/mol. The van der Waals surface area contributed by atoms with E-state index in [-0.39, 0.29) is 41.3 Å². The molecule has 4 atom stereocenters. The van der Waals surface area contributed by atoms with Crippen LogP contribution in [0.5, 0.6) is 0 Å². The minimum absolute atomic E-state index is 0.0279. The summed E-state index contributed by atoms with van der Waals surface area (Å²) in [6, 6.07) is 7.52. The number of benzene rings is 1. The molecule has 2 N–H and O–H groups in total. The van der Waals surface area contributed by atoms with Gasteiger partial charge in [-0.2, -0.15) is 16.1 Å². The standard InChI is InChI=1S/C31H50N4O5S3/c1-23-7-5-6-8-27(23)34-14-16-35(17-15-34)43(39,40)22-31-13-9-24(30(31,2)3)21-28(31)33-29(36)26(12-20-42(4,37)38)32-25-10-18-41-19-11-25/h5-8,24-26,28,32H,9-22H2,1-4H3,(H,33,36)/t24-,26+,28+,31-/m1/s1. The average molecular weight is 655 g/mol. The molecule has 242 valence electrons. The van der Waals surface area contributed by atoms with Crippen molar-refractivity contribution in [1.29, 1.82) is 0 Å². The molecule has 0 aromatic heterocycles. The Morgan fingerprint density at radius 1 is 1.05 bits per heavy atom. The van der Waals surface area contributed by atoms with Crippen LogP contribution in [-0.4, -0.2) is 101 Å². The maximum atomic E-state index is 14.1. The molecule has 0 unspecified atom stereocenters. The number of fused-ring (bicyclic) bond motifs is 2. The van der Waals surface area contributed by atoms with Crippen molar-refractivity contribution >= 4 is 43.2 Å². The number of amides is 1. The number of hydrogen-bond donors (Lipinski definition) is 2. The minimum atomic E-state index is -3.58. The second-order valence-electron chi connectivity index (χ2n) is 13.9. The number of para-hydroxylation sites is 1. The smallest absolute Gasteiger partial charge is 0.237 e. The Kier molecular flexibility index (Phi) is 9.84. The number of piperazine rings is 1. The highest BCUT2D eigenvalue weighted by Crippen LogP contribution is 2.66. The quantitative estimate of drug-likeness (QED) is 0.374. The van der Waals surface area contributed by atoms with Gasteiger partial charge < -0.3 is 15.5 Å². The molecular formula is C31H50N4O5S3. The summed E-state index contributed by atoms with van der Waals surface area (Å²) in [5.74, 6) is 2.16. The number of sulfonamides is 1. The third-order valence-electron chi connectivity index (χ3n) is 11.0. The van der Waals surface area contributed by atoms with E-state index in [1.54, 1.807) is 4.31 Å². The fourth-order valence-electron chi connectivity index (χ4n) is 8.21. The van der Waals surface area contributed by atoms with E-state index in [1.807, 2.05) is 23.9 Å². The van der Waals surface area contributed by atoms with Gasteiger partial charge >= 0.3 is 0 Å². The highest BCUT2D eigenvalue weighted by molar-refractivity contribution is 7.99. The molecule has 4 aliphatic rings. The zero-order valence-corrected chi connectivity index (χ0v) is 28.6. The molecule has 2 aliphatic heterocycles. The predicted octanol–water partition coefficient (Wildman–Crippen LogP) is 3.05. The molecule has 5 rings (SSSR count). The van der Waals surface area contributed by atoms with Gasteiger partial charge in [0, 0.05) is 55.6 Å². The Morgan fingerprint density at radius 3 is 2.35 bits per heavy atom. The molecule has 2 bridgehead atoms. The van der Waals surface area contributed by atoms with Gasteiger partial charge in [0.25, 0.3) is 0 Å². The second-order valence-corrected chi connectivity index (χ2v) is 19.3. The molecule has 1 aromatic carbocycles. The van der Waals surface area contributed by atoms with Crippen molar-refractivity contribution in [1.82, 2.24) is 14.9 Å². The first kappa shape index (κ1) is 33.0. The van der Waals surface area contributed by atoms with Crippen LogP contribution in [0.2, 0.25) is 0 Å². The van der Waals surface area contributed by atoms with Gasteiger partial charge in [-0.1, -0.05) is 32.0 Å². The maximum Gasteiger partial charge on any atom is 0.237 e. The Hall–Kier alpha value is -1.34. The average Bonchev–Trinajstić information content (AvgIpc) is 3.30. The lowest BCUT2D eigenvalue weighted by Crippen LogP contribution is -2.59. The van der Waals surface area contributed by atoms with Crippen LogP contribution in [0.3, 0.4) is 0 Å². The van der Waals surface area contributed by atoms with Crippen molar-refractivity contribution < 1.29 is 21.6 Å². The molecule has 1 amide bonds. The summed E-state index contributed by atoms with van der Waals surface area (Å²) in [5, 5.41) is 6.78. The molecule has 1 aromatic rings. The summed E-state index contributed by atoms with van der Waals surface area (Å²) in [6.07, 6.45) is 5.80. The van der Waals surface area contributed by atoms with Crippen molar-refractivity contribution in [3.63, 3.8) is 0 Å². The molecule has 0 spiro atoms. The van der Waals surface area contributed by atoms with Crippen LogP contribution >= 0.6 is 11.8 Å². The van der Waals surface area contributed by atoms with Crippen molar-refractivity contribution in [2.45, 2.75) is 77.4 Å². The Morgan fingerprint density at radius 2 is 1.72 bits per heavy atom. The number of sulfone groups is 1. The van der Waals surface area contributed by atoms with E-state index in [4.69, 9.17) is 0 Å². The van der Waals surface area contributed by atoms with Gasteiger partial charge in [0.1, 0.15) is 9.84 Å². The Labute approximate surface area is 263 Å². The fourth-order valence-corrected chi connectivity index (χ4v) is 12.2. The van der Waals surface area contributed by atoms with Crippen LogP contribution in [0.4, 0.5) is 5.69 Å². The topological polar surface area (TPSA) is 116 Å². The van der Waals surface area contributed by atoms with Crippen LogP contribution in [-0.2, 0) is 24.7 Å². The summed E-state index contributed by atoms with van der Waals surface area (Å²) in [4.78, 5) is 16.1. The number of nitrogens with one attached hydrogen (secondary N) is 2. The zero-order chi connectivity index (χ0) is 31.0. The molecule has 2 saturated heterocycles. The van der Waals surface area contributed by atoms with Crippen LogP contribution in [0.1, 0.15) is 57.9 Å². The third kappa shape index (κ3) is 7.08. The zero-order valence-electron chi connectivity index (χ0n) is 26.2. The normalized spacial score (nSPS) is 29.1. The summed E-state index contributed by atoms with van der Waals surface area (Å²) < 4.78 is 53.9. The van der Waals surface area contributed by atoms with Gasteiger partial charge in [-0.05, 0) is 79.9 Å². The molecule has 2 aliphatic carbocycles. The van der Waals surface area contributed by atoms with Crippen LogP contribution in [0.25, 0.3) is 0 Å². The maximum absolute atomic E-state index is 14.1. The Bertz CT molecular complexity index is 1370. The third-order valence-corrected chi connectivity index (χ3v) is 15.1. The molecule has 43 heavy (non-hydrogen) atoms. The summed E-state index contributed by atoms with van der Waals surface area (Å²) in [6.45, 7) is 8.64. The first-order valence-electron chi connectivity index (χ1n) is 15.8. The van der Waals surface area contributed by atoms with E-state index in [0.717, 1.165) is 49.3 Å². The minimum Gasteiger partial charge on any atom is -0.369 e. The fraction of sp³-hybridized carbons (Fsp3) is 0.774. The van der Waals surface area contributed by atoms with E-state index in [2.05, 4.69) is 48.4 Å². The lowest BCUT2D eigenvalue weighted by atomic mass is 9.69. The second kappa shape index (κ2) is 12.8. The number of hydrogen-bond acceptors (Lipinski definition) is 8. The van der Waals surface area contributed by atoms with E-state index in [0.29, 0.717) is 32.1 Å². The number of nitrogens with zero attached hydrogens (tertiary/aromatic N) is 2. The number of anilines is 1. The SMILES string of the molecule is Cc1ccccc1N1CCN(S(=O)(=O)C[C@]23CC[C@H](C[C@@H]2NC(=O)[C@H](CCS(C)(=O)=O)NC2CCSCC2)C3(C)C)CC1. The monoisotopic (exact) mass is 654 g/mol. The summed E-state index contributed by atoms with van der Waals surface area (Å²) in [5.41, 5.74) is 1.54. The van der Waals surface area contributed by atoms with Gasteiger partial charge in [-0.15, -0.1) is 0 Å². The molecule has 2 saturated carbocycles. The largest absolute Gasteiger partial charge is 0.369 e. The number of carbonyl (C=O) groups is 1. The molecule has 2 heterocycles. The van der Waals surface area contributed by atoms with E-state index >= 15 is 0 Å². The lowest BCUT2D eigenvalue weighted by molar-refractivity contribution is -0.125. The van der Waals surface area contributed by atoms with Crippen molar-refractivity contribution in [3.05, 3.63) is 29.8 Å². The number of carbonyl (C=O) groups excluding carboxylic acids is 1. The Balaban J connectivity index is 1.30. The molecule has 12 heteroatoms. The van der Waals surface area contributed by atoms with Crippen LogP contribution in [0, 0.1) is 23.7 Å². The van der Waals surface area contributed by atoms with Gasteiger partial charge in [-0.25, -0.2) is 16.8 Å². The van der Waals surface area contributed by atoms with E-state index in [9.17, 15) is 21.6 Å². The van der Waals surface area contributed by atoms with Crippen LogP contribution in [0.15, 0.2) is 24.3 Å². The first-order valence-corrected chi connectivity index (χ1v) is 20.6. The van der Waals surface area contributed by atoms with Crippen LogP contribution < -0.4 is 15.5 Å². The van der Waals surface area contributed by atoms with Gasteiger partial charge in [0.2, 0.25) is 15.9 Å². The molecule has 4 fully saturated rings. The summed E-state index contributed by atoms with van der Waals surface area (Å²) in [7, 11) is -6.81.